The highest BCUT2D eigenvalue weighted by Gasteiger charge is 2.36. The summed E-state index contributed by atoms with van der Waals surface area (Å²) in [6, 6.07) is 9.48. The van der Waals surface area contributed by atoms with Crippen LogP contribution in [0, 0.1) is 12.7 Å². The largest absolute Gasteiger partial charge is 0.444 e. The van der Waals surface area contributed by atoms with Gasteiger partial charge in [-0.3, -0.25) is 4.98 Å². The highest BCUT2D eigenvalue weighted by Crippen LogP contribution is 2.37. The molecule has 1 aliphatic heterocycles. The number of anilines is 1. The molecule has 0 N–H and O–H groups in total. The van der Waals surface area contributed by atoms with Gasteiger partial charge in [-0.25, -0.2) is 23.5 Å². The number of carbonyl (C=O) groups is 1. The van der Waals surface area contributed by atoms with Crippen LogP contribution in [0.15, 0.2) is 41.2 Å². The molecule has 1 fully saturated rings. The van der Waals surface area contributed by atoms with Gasteiger partial charge < -0.3 is 19.4 Å². The minimum atomic E-state index is -0.635. The fourth-order valence-electron chi connectivity index (χ4n) is 6.22. The van der Waals surface area contributed by atoms with Gasteiger partial charge in [0.25, 0.3) is 0 Å². The lowest BCUT2D eigenvalue weighted by Crippen LogP contribution is -2.59. The summed E-state index contributed by atoms with van der Waals surface area (Å²) >= 11 is 6.88. The lowest BCUT2D eigenvalue weighted by Gasteiger charge is -2.44. The van der Waals surface area contributed by atoms with Crippen molar-refractivity contribution in [3.63, 3.8) is 0 Å². The van der Waals surface area contributed by atoms with Crippen molar-refractivity contribution in [1.29, 1.82) is 0 Å². The quantitative estimate of drug-likeness (QED) is 0.216. The third-order valence-electron chi connectivity index (χ3n) is 8.33. The van der Waals surface area contributed by atoms with Crippen LogP contribution in [0.2, 0.25) is 5.02 Å². The van der Waals surface area contributed by atoms with Gasteiger partial charge in [-0.2, -0.15) is 4.98 Å². The van der Waals surface area contributed by atoms with Gasteiger partial charge >= 0.3 is 11.8 Å². The number of halogens is 2. The maximum atomic E-state index is 15.2. The summed E-state index contributed by atoms with van der Waals surface area (Å²) in [5.74, 6) is -0.128. The van der Waals surface area contributed by atoms with Crippen molar-refractivity contribution in [2.45, 2.75) is 85.5 Å². The van der Waals surface area contributed by atoms with Crippen LogP contribution in [0.1, 0.15) is 71.3 Å². The summed E-state index contributed by atoms with van der Waals surface area (Å²) in [6.07, 6.45) is -0.393. The highest BCUT2D eigenvalue weighted by atomic mass is 35.5. The molecule has 12 heteroatoms. The van der Waals surface area contributed by atoms with Crippen LogP contribution >= 0.6 is 11.6 Å². The van der Waals surface area contributed by atoms with Crippen molar-refractivity contribution in [2.24, 2.45) is 0 Å². The predicted molar refractivity (Wildman–Crippen MR) is 189 cm³/mol. The van der Waals surface area contributed by atoms with Gasteiger partial charge in [0.05, 0.1) is 33.2 Å². The number of piperazine rings is 1. The monoisotopic (exact) mass is 677 g/mol. The Morgan fingerprint density at radius 3 is 2.40 bits per heavy atom. The van der Waals surface area contributed by atoms with E-state index in [-0.39, 0.29) is 39.9 Å². The van der Waals surface area contributed by atoms with E-state index in [4.69, 9.17) is 26.3 Å². The Kier molecular flexibility index (Phi) is 9.86. The number of pyridine rings is 2. The second-order valence-corrected chi connectivity index (χ2v) is 14.7. The lowest BCUT2D eigenvalue weighted by molar-refractivity contribution is 0.0130. The average Bonchev–Trinajstić information content (AvgIpc) is 2.97. The van der Waals surface area contributed by atoms with Crippen molar-refractivity contribution in [3.8, 4) is 16.9 Å². The molecule has 5 rings (SSSR count). The molecule has 48 heavy (non-hydrogen) atoms. The smallest absolute Gasteiger partial charge is 0.410 e. The summed E-state index contributed by atoms with van der Waals surface area (Å²) < 4.78 is 22.3. The molecule has 0 spiro atoms. The molecule has 0 bridgehead atoms. The number of benzene rings is 1. The topological polar surface area (TPSA) is 96.7 Å². The number of amides is 1. The molecular weight excluding hydrogens is 633 g/mol. The number of rotatable bonds is 6. The number of ether oxygens (including phenoxy) is 1. The molecule has 3 aromatic heterocycles. The number of aryl methyl sites for hydroxylation is 1. The fraction of sp³-hybridized carbons (Fsp3) is 0.472. The molecule has 1 aromatic carbocycles. The van der Waals surface area contributed by atoms with Gasteiger partial charge in [-0.15, -0.1) is 0 Å². The second kappa shape index (κ2) is 13.4. The normalized spacial score (nSPS) is 17.1. The minimum Gasteiger partial charge on any atom is -0.444 e. The molecule has 1 saturated heterocycles. The number of nitrogens with zero attached hydrogens (tertiary/aromatic N) is 7. The molecule has 10 nitrogen and oxygen atoms in total. The summed E-state index contributed by atoms with van der Waals surface area (Å²) in [6.45, 7) is 16.8. The van der Waals surface area contributed by atoms with Crippen LogP contribution < -0.4 is 10.6 Å². The Balaban J connectivity index is 1.76. The SMILES string of the molecule is Cc1cc(CN(C)C)nc(C(C)C)c1-n1c(=O)nc(N2C[C@@H](C)N(C(=O)OC(C)(C)C)C[C@@H]2C)c2cc(Cl)c(-c3ccccc3F)nc21. The van der Waals surface area contributed by atoms with E-state index in [1.165, 1.54) is 10.6 Å². The zero-order valence-electron chi connectivity index (χ0n) is 29.4. The van der Waals surface area contributed by atoms with E-state index >= 15 is 4.39 Å². The Labute approximate surface area is 286 Å². The molecule has 0 radical (unpaired) electrons. The highest BCUT2D eigenvalue weighted by molar-refractivity contribution is 6.33. The van der Waals surface area contributed by atoms with Gasteiger partial charge in [-0.05, 0) is 91.4 Å². The van der Waals surface area contributed by atoms with Crippen molar-refractivity contribution in [2.75, 3.05) is 32.1 Å². The Hall–Kier alpha value is -4.09. The minimum absolute atomic E-state index is 0.0393. The summed E-state index contributed by atoms with van der Waals surface area (Å²) in [4.78, 5) is 47.8. The standard InChI is InChI=1S/C36H45ClFN7O3/c1-20(2)29-31(21(3)15-24(39-29)19-42(9)10)45-33-26(16-27(37)30(40-33)25-13-11-12-14-28(25)38)32(41-34(45)46)43-17-23(5)44(18-22(43)4)35(47)48-36(6,7)8/h11-16,20,22-23H,17-19H2,1-10H3/t22-,23+/m0/s1. The zero-order chi connectivity index (χ0) is 35.2. The third-order valence-corrected chi connectivity index (χ3v) is 8.62. The maximum Gasteiger partial charge on any atom is 0.410 e. The second-order valence-electron chi connectivity index (χ2n) is 14.3. The average molecular weight is 678 g/mol. The first kappa shape index (κ1) is 35.2. The van der Waals surface area contributed by atoms with Gasteiger partial charge in [0.1, 0.15) is 17.2 Å². The molecule has 0 unspecified atom stereocenters. The molecule has 0 saturated carbocycles. The molecule has 4 heterocycles. The molecule has 1 amide bonds. The van der Waals surface area contributed by atoms with Crippen LogP contribution in [-0.4, -0.2) is 80.3 Å². The van der Waals surface area contributed by atoms with Crippen molar-refractivity contribution >= 4 is 34.5 Å². The number of carbonyl (C=O) groups excluding carboxylic acids is 1. The first-order valence-electron chi connectivity index (χ1n) is 16.3. The van der Waals surface area contributed by atoms with Crippen LogP contribution in [0.25, 0.3) is 28.0 Å². The van der Waals surface area contributed by atoms with Gasteiger partial charge in [0, 0.05) is 37.3 Å². The van der Waals surface area contributed by atoms with Gasteiger partial charge in [0.2, 0.25) is 0 Å². The van der Waals surface area contributed by atoms with Crippen molar-refractivity contribution < 1.29 is 13.9 Å². The van der Waals surface area contributed by atoms with E-state index in [9.17, 15) is 9.59 Å². The molecule has 1 aliphatic rings. The predicted octanol–water partition coefficient (Wildman–Crippen LogP) is 6.96. The Morgan fingerprint density at radius 2 is 1.77 bits per heavy atom. The molecular formula is C36H45ClFN7O3. The van der Waals surface area contributed by atoms with E-state index in [2.05, 4.69) is 4.98 Å². The summed E-state index contributed by atoms with van der Waals surface area (Å²) in [5.41, 5.74) is 2.56. The number of aromatic nitrogens is 4. The van der Waals surface area contributed by atoms with E-state index in [0.717, 1.165) is 17.0 Å². The van der Waals surface area contributed by atoms with Crippen LogP contribution in [0.5, 0.6) is 0 Å². The van der Waals surface area contributed by atoms with Crippen LogP contribution in [0.4, 0.5) is 15.0 Å². The van der Waals surface area contributed by atoms with E-state index in [1.54, 1.807) is 29.2 Å². The number of hydrogen-bond acceptors (Lipinski definition) is 8. The van der Waals surface area contributed by atoms with Crippen LogP contribution in [-0.2, 0) is 11.3 Å². The first-order chi connectivity index (χ1) is 22.5. The Bertz CT molecular complexity index is 1920. The van der Waals surface area contributed by atoms with E-state index < -0.39 is 23.2 Å². The van der Waals surface area contributed by atoms with E-state index in [1.807, 2.05) is 85.4 Å². The van der Waals surface area contributed by atoms with Crippen molar-refractivity contribution in [3.05, 3.63) is 74.7 Å². The first-order valence-corrected chi connectivity index (χ1v) is 16.6. The Morgan fingerprint density at radius 1 is 1.08 bits per heavy atom. The number of hydrogen-bond donors (Lipinski definition) is 0. The number of fused-ring (bicyclic) bond motifs is 1. The molecule has 4 aromatic rings. The lowest BCUT2D eigenvalue weighted by atomic mass is 10.0. The fourth-order valence-corrected chi connectivity index (χ4v) is 6.48. The summed E-state index contributed by atoms with van der Waals surface area (Å²) in [5, 5.41) is 0.741. The molecule has 256 valence electrons. The van der Waals surface area contributed by atoms with Gasteiger partial charge in [0.15, 0.2) is 5.65 Å². The summed E-state index contributed by atoms with van der Waals surface area (Å²) in [7, 11) is 3.96. The molecule has 2 atom stereocenters. The maximum absolute atomic E-state index is 15.2. The van der Waals surface area contributed by atoms with Crippen LogP contribution in [0.3, 0.4) is 0 Å². The van der Waals surface area contributed by atoms with Crippen molar-refractivity contribution in [1.82, 2.24) is 29.3 Å². The third kappa shape index (κ3) is 7.03. The zero-order valence-corrected chi connectivity index (χ0v) is 30.2. The van der Waals surface area contributed by atoms with Gasteiger partial charge in [-0.1, -0.05) is 37.6 Å². The van der Waals surface area contributed by atoms with E-state index in [0.29, 0.717) is 36.5 Å². The molecule has 0 aliphatic carbocycles.